The van der Waals surface area contributed by atoms with Crippen molar-refractivity contribution in [3.63, 3.8) is 0 Å². The highest BCUT2D eigenvalue weighted by Crippen LogP contribution is 2.42. The van der Waals surface area contributed by atoms with Gasteiger partial charge >= 0.3 is 0 Å². The molecule has 1 saturated carbocycles. The molecule has 0 bridgehead atoms. The number of rotatable bonds is 8. The summed E-state index contributed by atoms with van der Waals surface area (Å²) in [5.74, 6) is -0.108. The van der Waals surface area contributed by atoms with E-state index in [9.17, 15) is 9.59 Å². The standard InChI is InChI=1S/C32H48ClFN4O4/c1-35(2)30(39)22-11-14-36(15-12-22)29-17-24(33)5-10-27(29)28-19-38(18-23(28)20-41-3)31(40)32(34)13-16-37(21-32)25-6-8-26(42-4)9-7-25/h5,10,17,22-23,25-26,28H,6-9,11-16,18-21H2,1-4H3/t23-,25?,26?,28+,32-/m1/s1. The van der Waals surface area contributed by atoms with E-state index in [1.807, 2.05) is 26.2 Å². The van der Waals surface area contributed by atoms with Gasteiger partial charge in [0.05, 0.1) is 12.7 Å². The van der Waals surface area contributed by atoms with E-state index in [1.54, 1.807) is 24.0 Å². The highest BCUT2D eigenvalue weighted by Gasteiger charge is 2.51. The lowest BCUT2D eigenvalue weighted by molar-refractivity contribution is -0.142. The van der Waals surface area contributed by atoms with Gasteiger partial charge in [-0.25, -0.2) is 4.39 Å². The van der Waals surface area contributed by atoms with E-state index >= 15 is 4.39 Å². The molecule has 0 aromatic heterocycles. The number of ether oxygens (including phenoxy) is 2. The number of carbonyl (C=O) groups excluding carboxylic acids is 2. The Bertz CT molecular complexity index is 1110. The maximum Gasteiger partial charge on any atom is 0.261 e. The summed E-state index contributed by atoms with van der Waals surface area (Å²) in [5.41, 5.74) is 0.311. The number of nitrogens with zero attached hydrogens (tertiary/aromatic N) is 4. The van der Waals surface area contributed by atoms with E-state index < -0.39 is 5.67 Å². The summed E-state index contributed by atoms with van der Waals surface area (Å²) in [6, 6.07) is 6.29. The summed E-state index contributed by atoms with van der Waals surface area (Å²) in [7, 11) is 7.06. The van der Waals surface area contributed by atoms with Crippen molar-refractivity contribution in [3.8, 4) is 0 Å². The fourth-order valence-electron chi connectivity index (χ4n) is 7.83. The van der Waals surface area contributed by atoms with Crippen LogP contribution in [0.25, 0.3) is 0 Å². The first kappa shape index (κ1) is 31.5. The van der Waals surface area contributed by atoms with Gasteiger partial charge in [-0.1, -0.05) is 17.7 Å². The number of carbonyl (C=O) groups is 2. The van der Waals surface area contributed by atoms with Crippen LogP contribution in [0, 0.1) is 11.8 Å². The van der Waals surface area contributed by atoms with Crippen molar-refractivity contribution in [2.45, 2.75) is 68.7 Å². The Labute approximate surface area is 255 Å². The van der Waals surface area contributed by atoms with Crippen LogP contribution in [0.1, 0.15) is 56.4 Å². The van der Waals surface area contributed by atoms with Crippen LogP contribution in [0.15, 0.2) is 18.2 Å². The maximum atomic E-state index is 16.4. The highest BCUT2D eigenvalue weighted by atomic mass is 35.5. The zero-order valence-corrected chi connectivity index (χ0v) is 26.5. The lowest BCUT2D eigenvalue weighted by atomic mass is 9.87. The molecule has 0 spiro atoms. The second kappa shape index (κ2) is 13.4. The molecule has 0 unspecified atom stereocenters. The first-order valence-electron chi connectivity index (χ1n) is 15.6. The van der Waals surface area contributed by atoms with Crippen LogP contribution in [0.3, 0.4) is 0 Å². The summed E-state index contributed by atoms with van der Waals surface area (Å²) in [4.78, 5) is 34.3. The van der Waals surface area contributed by atoms with Crippen LogP contribution in [0.4, 0.5) is 10.1 Å². The largest absolute Gasteiger partial charge is 0.384 e. The van der Waals surface area contributed by atoms with E-state index in [0.29, 0.717) is 43.4 Å². The molecule has 10 heteroatoms. The first-order chi connectivity index (χ1) is 20.1. The number of hydrogen-bond acceptors (Lipinski definition) is 6. The third-order valence-electron chi connectivity index (χ3n) is 10.3. The van der Waals surface area contributed by atoms with Gasteiger partial charge in [0, 0.05) is 109 Å². The van der Waals surface area contributed by atoms with Crippen LogP contribution < -0.4 is 4.90 Å². The van der Waals surface area contributed by atoms with Crippen LogP contribution in [0.2, 0.25) is 5.02 Å². The van der Waals surface area contributed by atoms with Crippen LogP contribution in [-0.4, -0.2) is 119 Å². The molecule has 234 valence electrons. The van der Waals surface area contributed by atoms with E-state index in [0.717, 1.165) is 62.9 Å². The number of anilines is 1. The summed E-state index contributed by atoms with van der Waals surface area (Å²) in [5, 5.41) is 0.655. The molecule has 0 radical (unpaired) electrons. The van der Waals surface area contributed by atoms with Gasteiger partial charge in [-0.05, 0) is 56.2 Å². The van der Waals surface area contributed by atoms with Gasteiger partial charge in [0.15, 0.2) is 0 Å². The number of likely N-dealkylation sites (tertiary alicyclic amines) is 2. The Morgan fingerprint density at radius 2 is 1.76 bits per heavy atom. The van der Waals surface area contributed by atoms with Crippen molar-refractivity contribution >= 4 is 29.1 Å². The molecular weight excluding hydrogens is 559 g/mol. The van der Waals surface area contributed by atoms with Crippen molar-refractivity contribution in [2.75, 3.05) is 79.1 Å². The fourth-order valence-corrected chi connectivity index (χ4v) is 7.99. The van der Waals surface area contributed by atoms with Crippen LogP contribution in [0.5, 0.6) is 0 Å². The van der Waals surface area contributed by atoms with Crippen molar-refractivity contribution < 1.29 is 23.5 Å². The predicted octanol–water partition coefficient (Wildman–Crippen LogP) is 4.20. The normalized spacial score (nSPS) is 31.1. The van der Waals surface area contributed by atoms with Crippen LogP contribution in [-0.2, 0) is 19.1 Å². The monoisotopic (exact) mass is 606 g/mol. The summed E-state index contributed by atoms with van der Waals surface area (Å²) < 4.78 is 27.5. The number of alkyl halides is 1. The molecule has 3 aliphatic heterocycles. The Morgan fingerprint density at radius 1 is 1.05 bits per heavy atom. The van der Waals surface area contributed by atoms with E-state index in [-0.39, 0.29) is 42.5 Å². The van der Waals surface area contributed by atoms with Crippen molar-refractivity contribution in [2.24, 2.45) is 11.8 Å². The van der Waals surface area contributed by atoms with E-state index in [2.05, 4.69) is 15.9 Å². The maximum absolute atomic E-state index is 16.4. The molecule has 8 nitrogen and oxygen atoms in total. The Morgan fingerprint density at radius 3 is 2.40 bits per heavy atom. The number of methoxy groups -OCH3 is 2. The zero-order chi connectivity index (χ0) is 30.0. The van der Waals surface area contributed by atoms with Gasteiger partial charge in [-0.3, -0.25) is 14.5 Å². The summed E-state index contributed by atoms with van der Waals surface area (Å²) in [6.07, 6.45) is 6.08. The topological polar surface area (TPSA) is 65.6 Å². The van der Waals surface area contributed by atoms with Gasteiger partial charge in [0.2, 0.25) is 11.6 Å². The smallest absolute Gasteiger partial charge is 0.261 e. The lowest BCUT2D eigenvalue weighted by Crippen LogP contribution is -2.48. The van der Waals surface area contributed by atoms with Gasteiger partial charge in [-0.2, -0.15) is 0 Å². The quantitative estimate of drug-likeness (QED) is 0.442. The summed E-state index contributed by atoms with van der Waals surface area (Å²) in [6.45, 7) is 3.75. The average molecular weight is 607 g/mol. The van der Waals surface area contributed by atoms with Gasteiger partial charge in [-0.15, -0.1) is 0 Å². The second-order valence-electron chi connectivity index (χ2n) is 13.1. The molecule has 3 heterocycles. The molecule has 1 aliphatic carbocycles. The molecule has 42 heavy (non-hydrogen) atoms. The predicted molar refractivity (Wildman–Crippen MR) is 163 cm³/mol. The molecule has 4 fully saturated rings. The molecule has 3 saturated heterocycles. The number of benzene rings is 1. The molecule has 5 rings (SSSR count). The Kier molecular flexibility index (Phi) is 10.0. The number of halogens is 2. The minimum Gasteiger partial charge on any atom is -0.384 e. The molecular formula is C32H48ClFN4O4. The molecule has 1 aromatic rings. The zero-order valence-electron chi connectivity index (χ0n) is 25.7. The van der Waals surface area contributed by atoms with Gasteiger partial charge in [0.25, 0.3) is 5.91 Å². The summed E-state index contributed by atoms with van der Waals surface area (Å²) >= 11 is 6.50. The van der Waals surface area contributed by atoms with Crippen molar-refractivity contribution in [3.05, 3.63) is 28.8 Å². The third-order valence-corrected chi connectivity index (χ3v) is 10.5. The number of piperidine rings is 1. The third kappa shape index (κ3) is 6.59. The SMILES string of the molecule is COC[C@H]1CN(C(=O)[C@@]2(F)CCN(C3CCC(OC)CC3)C2)C[C@@H]1c1ccc(Cl)cc1N1CCC(C(=O)N(C)C)CC1. The first-order valence-corrected chi connectivity index (χ1v) is 16.0. The molecule has 0 N–H and O–H groups in total. The number of amides is 2. The van der Waals surface area contributed by atoms with Gasteiger partial charge in [0.1, 0.15) is 0 Å². The fraction of sp³-hybridized carbons (Fsp3) is 0.750. The molecule has 3 atom stereocenters. The van der Waals surface area contributed by atoms with Crippen LogP contribution >= 0.6 is 11.6 Å². The Balaban J connectivity index is 1.29. The molecule has 4 aliphatic rings. The van der Waals surface area contributed by atoms with E-state index in [1.165, 1.54) is 0 Å². The molecule has 2 amide bonds. The lowest BCUT2D eigenvalue weighted by Gasteiger charge is -2.36. The van der Waals surface area contributed by atoms with Crippen molar-refractivity contribution in [1.29, 1.82) is 0 Å². The van der Waals surface area contributed by atoms with E-state index in [4.69, 9.17) is 21.1 Å². The Hall–Kier alpha value is -1.94. The van der Waals surface area contributed by atoms with Crippen molar-refractivity contribution in [1.82, 2.24) is 14.7 Å². The number of hydrogen-bond donors (Lipinski definition) is 0. The second-order valence-corrected chi connectivity index (χ2v) is 13.5. The highest BCUT2D eigenvalue weighted by molar-refractivity contribution is 6.30. The average Bonchev–Trinajstić information content (AvgIpc) is 3.61. The minimum atomic E-state index is -1.85. The van der Waals surface area contributed by atoms with Gasteiger partial charge < -0.3 is 24.2 Å². The minimum absolute atomic E-state index is 0.00715. The molecule has 1 aromatic carbocycles.